The highest BCUT2D eigenvalue weighted by molar-refractivity contribution is 7.55. The van der Waals surface area contributed by atoms with Gasteiger partial charge in [-0.15, -0.1) is 0 Å². The van der Waals surface area contributed by atoms with Crippen molar-refractivity contribution in [2.24, 2.45) is 0 Å². The molecule has 2 N–H and O–H groups in total. The zero-order chi connectivity index (χ0) is 17.8. The van der Waals surface area contributed by atoms with E-state index in [1.807, 2.05) is 36.4 Å². The monoisotopic (exact) mass is 354 g/mol. The van der Waals surface area contributed by atoms with Crippen molar-refractivity contribution >= 4 is 25.2 Å². The van der Waals surface area contributed by atoms with E-state index in [9.17, 15) is 9.59 Å². The Morgan fingerprint density at radius 3 is 2.52 bits per heavy atom. The van der Waals surface area contributed by atoms with Gasteiger partial charge in [0.1, 0.15) is 0 Å². The number of hydrogen-bond donors (Lipinski definition) is 2. The second-order valence-corrected chi connectivity index (χ2v) is 7.18. The molecule has 1 atom stereocenters. The first-order valence-corrected chi connectivity index (χ1v) is 8.94. The Bertz CT molecular complexity index is 945. The van der Waals surface area contributed by atoms with Crippen molar-refractivity contribution in [2.75, 3.05) is 0 Å². The lowest BCUT2D eigenvalue weighted by atomic mass is 10.2. The predicted octanol–water partition coefficient (Wildman–Crippen LogP) is 1.79. The minimum atomic E-state index is -1.00. The number of aliphatic carboxylic acids is 1. The Morgan fingerprint density at radius 1 is 1.12 bits per heavy atom. The molecule has 0 aliphatic rings. The van der Waals surface area contributed by atoms with Crippen molar-refractivity contribution in [1.29, 1.82) is 0 Å². The molecule has 0 radical (unpaired) electrons. The molecule has 5 nitrogen and oxygen atoms in total. The van der Waals surface area contributed by atoms with E-state index in [0.29, 0.717) is 26.4 Å². The molecule has 0 aliphatic carbocycles. The number of nitrogens with one attached hydrogen (secondary N) is 1. The average molecular weight is 354 g/mol. The zero-order valence-electron chi connectivity index (χ0n) is 13.8. The third-order valence-corrected chi connectivity index (χ3v) is 5.46. The van der Waals surface area contributed by atoms with E-state index < -0.39 is 5.97 Å². The fraction of sp³-hybridized carbons (Fsp3) is 0.158. The molecule has 1 aromatic heterocycles. The third-order valence-electron chi connectivity index (χ3n) is 4.08. The van der Waals surface area contributed by atoms with E-state index >= 15 is 0 Å². The topological polar surface area (TPSA) is 75.1 Å². The number of rotatable bonds is 6. The average Bonchev–Trinajstić information content (AvgIpc) is 2.85. The van der Waals surface area contributed by atoms with E-state index in [1.54, 1.807) is 11.6 Å². The molecule has 0 saturated heterocycles. The predicted molar refractivity (Wildman–Crippen MR) is 101 cm³/mol. The lowest BCUT2D eigenvalue weighted by Crippen LogP contribution is -2.15. The minimum Gasteiger partial charge on any atom is -0.481 e. The lowest BCUT2D eigenvalue weighted by molar-refractivity contribution is -0.136. The first-order chi connectivity index (χ1) is 12.0. The summed E-state index contributed by atoms with van der Waals surface area (Å²) in [5, 5.41) is 14.2. The van der Waals surface area contributed by atoms with Crippen molar-refractivity contribution in [3.63, 3.8) is 0 Å². The van der Waals surface area contributed by atoms with E-state index in [2.05, 4.69) is 23.3 Å². The summed E-state index contributed by atoms with van der Waals surface area (Å²) in [4.78, 5) is 23.0. The molecular formula is C19H19N2O3P. The highest BCUT2D eigenvalue weighted by Gasteiger charge is 2.15. The zero-order valence-corrected chi connectivity index (χ0v) is 14.8. The first-order valence-electron chi connectivity index (χ1n) is 7.94. The van der Waals surface area contributed by atoms with Crippen LogP contribution >= 0.6 is 8.58 Å². The summed E-state index contributed by atoms with van der Waals surface area (Å²) in [6, 6.07) is 18.4. The summed E-state index contributed by atoms with van der Waals surface area (Å²) in [6.07, 6.45) is -0.262. The SMILES string of the molecule is Cc1c(CC(=O)O)c(=O)[nH]n1Cc1ccccc1Pc1ccccc1. The van der Waals surface area contributed by atoms with Gasteiger partial charge >= 0.3 is 5.97 Å². The minimum absolute atomic E-state index is 0.262. The molecule has 1 unspecified atom stereocenters. The fourth-order valence-electron chi connectivity index (χ4n) is 2.75. The normalized spacial score (nSPS) is 11.2. The van der Waals surface area contributed by atoms with Gasteiger partial charge in [-0.2, -0.15) is 0 Å². The quantitative estimate of drug-likeness (QED) is 0.663. The molecule has 6 heteroatoms. The van der Waals surface area contributed by atoms with Gasteiger partial charge in [0.15, 0.2) is 0 Å². The summed E-state index contributed by atoms with van der Waals surface area (Å²) in [5.74, 6) is -1.00. The van der Waals surface area contributed by atoms with E-state index in [-0.39, 0.29) is 12.0 Å². The van der Waals surface area contributed by atoms with Crippen LogP contribution in [0.2, 0.25) is 0 Å². The molecule has 0 aliphatic heterocycles. The van der Waals surface area contributed by atoms with E-state index in [0.717, 1.165) is 5.56 Å². The number of nitrogens with zero attached hydrogens (tertiary/aromatic N) is 1. The standard InChI is InChI=1S/C19H19N2O3P/c1-13-16(11-18(22)23)19(24)20-21(13)12-14-7-5-6-10-17(14)25-15-8-3-2-4-9-15/h2-10,25H,11-12H2,1H3,(H,20,24)(H,22,23). The number of carboxylic acids is 1. The van der Waals surface area contributed by atoms with Crippen LogP contribution in [0.4, 0.5) is 0 Å². The highest BCUT2D eigenvalue weighted by atomic mass is 31.1. The number of benzene rings is 2. The van der Waals surface area contributed by atoms with Gasteiger partial charge in [-0.1, -0.05) is 63.2 Å². The lowest BCUT2D eigenvalue weighted by Gasteiger charge is -2.12. The maximum atomic E-state index is 12.0. The summed E-state index contributed by atoms with van der Waals surface area (Å²) in [6.45, 7) is 2.29. The molecule has 1 heterocycles. The van der Waals surface area contributed by atoms with Crippen LogP contribution in [0.5, 0.6) is 0 Å². The van der Waals surface area contributed by atoms with Crippen LogP contribution in [0, 0.1) is 6.92 Å². The summed E-state index contributed by atoms with van der Waals surface area (Å²) < 4.78 is 1.73. The molecule has 128 valence electrons. The van der Waals surface area contributed by atoms with E-state index in [4.69, 9.17) is 5.11 Å². The molecule has 25 heavy (non-hydrogen) atoms. The summed E-state index contributed by atoms with van der Waals surface area (Å²) >= 11 is 0. The number of carboxylic acid groups (broad SMARTS) is 1. The molecule has 0 spiro atoms. The number of aromatic nitrogens is 2. The fourth-order valence-corrected chi connectivity index (χ4v) is 3.92. The molecule has 2 aromatic carbocycles. The van der Waals surface area contributed by atoms with Crippen LogP contribution in [0.25, 0.3) is 0 Å². The van der Waals surface area contributed by atoms with Crippen LogP contribution in [0.3, 0.4) is 0 Å². The smallest absolute Gasteiger partial charge is 0.308 e. The van der Waals surface area contributed by atoms with Crippen LogP contribution in [0.1, 0.15) is 16.8 Å². The highest BCUT2D eigenvalue weighted by Crippen LogP contribution is 2.15. The van der Waals surface area contributed by atoms with Crippen LogP contribution in [-0.4, -0.2) is 20.9 Å². The second kappa shape index (κ2) is 7.49. The van der Waals surface area contributed by atoms with Crippen LogP contribution < -0.4 is 16.2 Å². The van der Waals surface area contributed by atoms with Gasteiger partial charge < -0.3 is 5.11 Å². The molecule has 0 fully saturated rings. The maximum absolute atomic E-state index is 12.0. The summed E-state index contributed by atoms with van der Waals surface area (Å²) in [7, 11) is 0.525. The van der Waals surface area contributed by atoms with Crippen molar-refractivity contribution in [1.82, 2.24) is 9.78 Å². The van der Waals surface area contributed by atoms with Crippen molar-refractivity contribution in [3.8, 4) is 0 Å². The van der Waals surface area contributed by atoms with Gasteiger partial charge in [-0.25, -0.2) is 0 Å². The van der Waals surface area contributed by atoms with Gasteiger partial charge in [-0.3, -0.25) is 19.4 Å². The number of hydrogen-bond acceptors (Lipinski definition) is 2. The number of carbonyl (C=O) groups is 1. The van der Waals surface area contributed by atoms with Gasteiger partial charge in [-0.05, 0) is 23.1 Å². The van der Waals surface area contributed by atoms with Crippen LogP contribution in [-0.2, 0) is 17.8 Å². The Labute approximate surface area is 147 Å². The molecule has 0 bridgehead atoms. The van der Waals surface area contributed by atoms with Gasteiger partial charge in [0.2, 0.25) is 0 Å². The van der Waals surface area contributed by atoms with Crippen molar-refractivity contribution in [3.05, 3.63) is 81.8 Å². The molecule has 3 aromatic rings. The third kappa shape index (κ3) is 4.06. The Balaban J connectivity index is 1.89. The van der Waals surface area contributed by atoms with Crippen molar-refractivity contribution in [2.45, 2.75) is 19.9 Å². The Hall–Kier alpha value is -2.65. The van der Waals surface area contributed by atoms with Crippen molar-refractivity contribution < 1.29 is 9.90 Å². The molecular weight excluding hydrogens is 335 g/mol. The largest absolute Gasteiger partial charge is 0.481 e. The van der Waals surface area contributed by atoms with Gasteiger partial charge in [0.05, 0.1) is 18.5 Å². The van der Waals surface area contributed by atoms with Gasteiger partial charge in [0.25, 0.3) is 5.56 Å². The molecule has 0 saturated carbocycles. The van der Waals surface area contributed by atoms with Gasteiger partial charge in [0, 0.05) is 5.69 Å². The second-order valence-electron chi connectivity index (χ2n) is 5.81. The maximum Gasteiger partial charge on any atom is 0.308 e. The Morgan fingerprint density at radius 2 is 1.80 bits per heavy atom. The van der Waals surface area contributed by atoms with E-state index in [1.165, 1.54) is 10.6 Å². The number of H-pyrrole nitrogens is 1. The van der Waals surface area contributed by atoms with Crippen LogP contribution in [0.15, 0.2) is 59.4 Å². The Kier molecular flexibility index (Phi) is 5.15. The molecule has 0 amide bonds. The number of aromatic amines is 1. The first kappa shape index (κ1) is 17.2. The molecule has 3 rings (SSSR count). The summed E-state index contributed by atoms with van der Waals surface area (Å²) in [5.41, 5.74) is 1.77.